The van der Waals surface area contributed by atoms with E-state index in [1.807, 2.05) is 44.2 Å². The van der Waals surface area contributed by atoms with Crippen LogP contribution < -0.4 is 10.2 Å². The van der Waals surface area contributed by atoms with E-state index in [0.717, 1.165) is 35.6 Å². The molecule has 2 aromatic rings. The highest BCUT2D eigenvalue weighted by Gasteiger charge is 2.23. The zero-order valence-electron chi connectivity index (χ0n) is 18.3. The topological polar surface area (TPSA) is 71.5 Å². The molecule has 1 aliphatic rings. The molecule has 1 fully saturated rings. The van der Waals surface area contributed by atoms with Crippen molar-refractivity contribution in [3.8, 4) is 0 Å². The van der Waals surface area contributed by atoms with Crippen molar-refractivity contribution in [3.05, 3.63) is 58.8 Å². The molecular weight excluding hydrogens is 378 g/mol. The first-order valence-corrected chi connectivity index (χ1v) is 10.5. The second-order valence-electron chi connectivity index (χ2n) is 8.19. The van der Waals surface area contributed by atoms with Crippen LogP contribution in [0.25, 0.3) is 0 Å². The number of anilines is 1. The summed E-state index contributed by atoms with van der Waals surface area (Å²) in [4.78, 5) is 31.2. The second kappa shape index (κ2) is 9.85. The third kappa shape index (κ3) is 5.89. The number of ether oxygens (including phenoxy) is 1. The molecule has 6 nitrogen and oxygen atoms in total. The van der Waals surface area contributed by atoms with Crippen LogP contribution in [-0.4, -0.2) is 42.0 Å². The van der Waals surface area contributed by atoms with Crippen LogP contribution in [0.2, 0.25) is 0 Å². The van der Waals surface area contributed by atoms with Gasteiger partial charge in [0.15, 0.2) is 5.78 Å². The van der Waals surface area contributed by atoms with Crippen LogP contribution in [-0.2, 0) is 16.1 Å². The molecule has 1 aliphatic heterocycles. The summed E-state index contributed by atoms with van der Waals surface area (Å²) in [5.41, 5.74) is 3.84. The Hall–Kier alpha value is -2.73. The van der Waals surface area contributed by atoms with Gasteiger partial charge >= 0.3 is 0 Å². The maximum atomic E-state index is 12.3. The molecule has 1 aromatic heterocycles. The molecule has 6 heteroatoms. The summed E-state index contributed by atoms with van der Waals surface area (Å²) in [5, 5.41) is 2.87. The molecule has 160 valence electrons. The fraction of sp³-hybridized carbons (Fsp3) is 0.458. The minimum atomic E-state index is -0.132. The second-order valence-corrected chi connectivity index (χ2v) is 8.19. The molecule has 3 rings (SSSR count). The van der Waals surface area contributed by atoms with Crippen LogP contribution in [0.5, 0.6) is 0 Å². The highest BCUT2D eigenvalue weighted by atomic mass is 16.5. The summed E-state index contributed by atoms with van der Waals surface area (Å²) in [6.45, 7) is 10.2. The summed E-state index contributed by atoms with van der Waals surface area (Å²) in [6.07, 6.45) is 2.54. The number of nitrogens with one attached hydrogen (secondary N) is 1. The van der Waals surface area contributed by atoms with E-state index in [2.05, 4.69) is 29.0 Å². The van der Waals surface area contributed by atoms with Gasteiger partial charge in [-0.05, 0) is 56.5 Å². The number of carbonyl (C=O) groups is 2. The van der Waals surface area contributed by atoms with Crippen LogP contribution in [0.15, 0.2) is 36.5 Å². The molecule has 1 aromatic carbocycles. The van der Waals surface area contributed by atoms with E-state index in [9.17, 15) is 9.59 Å². The van der Waals surface area contributed by atoms with Gasteiger partial charge in [-0.15, -0.1) is 0 Å². The molecule has 1 N–H and O–H groups in total. The first kappa shape index (κ1) is 22.0. The zero-order valence-corrected chi connectivity index (χ0v) is 18.3. The third-order valence-corrected chi connectivity index (χ3v) is 5.45. The number of amides is 1. The van der Waals surface area contributed by atoms with Gasteiger partial charge in [-0.2, -0.15) is 0 Å². The van der Waals surface area contributed by atoms with E-state index in [4.69, 9.17) is 4.74 Å². The van der Waals surface area contributed by atoms with Gasteiger partial charge in [0.2, 0.25) is 5.91 Å². The van der Waals surface area contributed by atoms with Gasteiger partial charge < -0.3 is 15.0 Å². The minimum Gasteiger partial charge on any atom is -0.372 e. The van der Waals surface area contributed by atoms with Crippen molar-refractivity contribution in [2.45, 2.75) is 59.3 Å². The van der Waals surface area contributed by atoms with E-state index < -0.39 is 0 Å². The Morgan fingerprint density at radius 3 is 2.43 bits per heavy atom. The predicted octanol–water partition coefficient (Wildman–Crippen LogP) is 3.59. The van der Waals surface area contributed by atoms with Gasteiger partial charge in [-0.25, -0.2) is 4.98 Å². The quantitative estimate of drug-likeness (QED) is 0.708. The highest BCUT2D eigenvalue weighted by molar-refractivity contribution is 5.98. The maximum Gasteiger partial charge on any atom is 0.220 e. The van der Waals surface area contributed by atoms with Crippen LogP contribution in [0.1, 0.15) is 53.7 Å². The van der Waals surface area contributed by atoms with Crippen molar-refractivity contribution in [2.24, 2.45) is 0 Å². The SMILES string of the molecule is Cc1ccc(C(=O)CCC(=O)NCc2ccc(N3CC(C)OC(C)C3)nc2)cc1C. The molecule has 0 saturated carbocycles. The van der Waals surface area contributed by atoms with E-state index in [1.54, 1.807) is 6.20 Å². The molecule has 30 heavy (non-hydrogen) atoms. The summed E-state index contributed by atoms with van der Waals surface area (Å²) in [5.74, 6) is 0.784. The summed E-state index contributed by atoms with van der Waals surface area (Å²) in [6, 6.07) is 9.62. The average molecular weight is 410 g/mol. The number of Topliss-reactive ketones (excluding diaryl/α,β-unsaturated/α-hetero) is 1. The molecule has 2 heterocycles. The number of morpholine rings is 1. The van der Waals surface area contributed by atoms with Gasteiger partial charge in [0.25, 0.3) is 0 Å². The van der Waals surface area contributed by atoms with Crippen molar-refractivity contribution in [1.82, 2.24) is 10.3 Å². The van der Waals surface area contributed by atoms with Gasteiger partial charge in [-0.3, -0.25) is 9.59 Å². The first-order chi connectivity index (χ1) is 14.3. The Morgan fingerprint density at radius 2 is 1.80 bits per heavy atom. The zero-order chi connectivity index (χ0) is 21.7. The lowest BCUT2D eigenvalue weighted by Gasteiger charge is -2.36. The molecule has 1 amide bonds. The lowest BCUT2D eigenvalue weighted by molar-refractivity contribution is -0.121. The van der Waals surface area contributed by atoms with Crippen LogP contribution >= 0.6 is 0 Å². The monoisotopic (exact) mass is 409 g/mol. The Balaban J connectivity index is 1.45. The average Bonchev–Trinajstić information content (AvgIpc) is 2.72. The van der Waals surface area contributed by atoms with E-state index >= 15 is 0 Å². The molecule has 2 atom stereocenters. The number of hydrogen-bond donors (Lipinski definition) is 1. The van der Waals surface area contributed by atoms with Crippen LogP contribution in [0, 0.1) is 13.8 Å². The molecular formula is C24H31N3O3. The number of pyridine rings is 1. The van der Waals surface area contributed by atoms with Crippen molar-refractivity contribution in [1.29, 1.82) is 0 Å². The van der Waals surface area contributed by atoms with E-state index in [-0.39, 0.29) is 36.7 Å². The molecule has 0 aliphatic carbocycles. The van der Waals surface area contributed by atoms with Crippen molar-refractivity contribution in [3.63, 3.8) is 0 Å². The minimum absolute atomic E-state index is 0.00626. The normalized spacial score (nSPS) is 18.9. The molecule has 0 bridgehead atoms. The molecule has 1 saturated heterocycles. The number of carbonyl (C=O) groups excluding carboxylic acids is 2. The Labute approximate surface area is 178 Å². The lowest BCUT2D eigenvalue weighted by atomic mass is 10.0. The Bertz CT molecular complexity index is 885. The summed E-state index contributed by atoms with van der Waals surface area (Å²) in [7, 11) is 0. The molecule has 0 radical (unpaired) electrons. The predicted molar refractivity (Wildman–Crippen MR) is 118 cm³/mol. The van der Waals surface area contributed by atoms with Gasteiger partial charge in [0, 0.05) is 44.2 Å². The van der Waals surface area contributed by atoms with Crippen molar-refractivity contribution in [2.75, 3.05) is 18.0 Å². The van der Waals surface area contributed by atoms with Gasteiger partial charge in [0.05, 0.1) is 12.2 Å². The standard InChI is InChI=1S/C24H31N3O3/c1-16-5-7-21(11-17(16)2)22(28)8-10-24(29)26-13-20-6-9-23(25-12-20)27-14-18(3)30-19(4)15-27/h5-7,9,11-12,18-19H,8,10,13-15H2,1-4H3,(H,26,29). The number of hydrogen-bond acceptors (Lipinski definition) is 5. The first-order valence-electron chi connectivity index (χ1n) is 10.5. The van der Waals surface area contributed by atoms with E-state index in [0.29, 0.717) is 12.1 Å². The largest absolute Gasteiger partial charge is 0.372 e. The lowest BCUT2D eigenvalue weighted by Crippen LogP contribution is -2.45. The Morgan fingerprint density at radius 1 is 1.07 bits per heavy atom. The van der Waals surface area contributed by atoms with Gasteiger partial charge in [-0.1, -0.05) is 18.2 Å². The van der Waals surface area contributed by atoms with Gasteiger partial charge in [0.1, 0.15) is 5.82 Å². The van der Waals surface area contributed by atoms with Crippen LogP contribution in [0.3, 0.4) is 0 Å². The van der Waals surface area contributed by atoms with Crippen molar-refractivity contribution >= 4 is 17.5 Å². The fourth-order valence-corrected chi connectivity index (χ4v) is 3.65. The third-order valence-electron chi connectivity index (χ3n) is 5.45. The maximum absolute atomic E-state index is 12.3. The highest BCUT2D eigenvalue weighted by Crippen LogP contribution is 2.18. The van der Waals surface area contributed by atoms with Crippen LogP contribution in [0.4, 0.5) is 5.82 Å². The number of aryl methyl sites for hydroxylation is 2. The number of nitrogens with zero attached hydrogens (tertiary/aromatic N) is 2. The fourth-order valence-electron chi connectivity index (χ4n) is 3.65. The molecule has 0 spiro atoms. The molecule has 2 unspecified atom stereocenters. The van der Waals surface area contributed by atoms with Crippen molar-refractivity contribution < 1.29 is 14.3 Å². The number of rotatable bonds is 7. The summed E-state index contributed by atoms with van der Waals surface area (Å²) < 4.78 is 5.76. The number of ketones is 1. The number of benzene rings is 1. The summed E-state index contributed by atoms with van der Waals surface area (Å²) >= 11 is 0. The Kier molecular flexibility index (Phi) is 7.21. The van der Waals surface area contributed by atoms with E-state index in [1.165, 1.54) is 0 Å². The smallest absolute Gasteiger partial charge is 0.220 e. The number of aromatic nitrogens is 1.